The van der Waals surface area contributed by atoms with Crippen LogP contribution in [0.15, 0.2) is 122 Å². The normalized spacial score (nSPS) is 19.8. The molecule has 7 aliphatic rings. The number of piperidine rings is 4. The van der Waals surface area contributed by atoms with Crippen molar-refractivity contribution < 1.29 is 41.0 Å². The molecule has 2 atom stereocenters. The first-order valence-electron chi connectivity index (χ1n) is 38.5. The summed E-state index contributed by atoms with van der Waals surface area (Å²) in [6.45, 7) is 16.4. The van der Waals surface area contributed by atoms with Gasteiger partial charge in [-0.2, -0.15) is 29.8 Å². The number of hydrogen-bond acceptors (Lipinski definition) is 18. The van der Waals surface area contributed by atoms with Gasteiger partial charge in [0.1, 0.15) is 0 Å². The number of morpholine rings is 1. The third-order valence-electron chi connectivity index (χ3n) is 23.0. The summed E-state index contributed by atoms with van der Waals surface area (Å²) in [6, 6.07) is 30.4. The zero-order valence-electron chi connectivity index (χ0n) is 64.1. The number of amides is 2. The zero-order valence-corrected chi connectivity index (χ0v) is 68.0. The summed E-state index contributed by atoms with van der Waals surface area (Å²) < 4.78 is 60.6. The number of nitrogens with zero attached hydrogens (tertiary/aromatic N) is 13. The van der Waals surface area contributed by atoms with Crippen LogP contribution in [0.25, 0.3) is 54.5 Å². The quantitative estimate of drug-likeness (QED) is 0.0701. The number of halogens is 3. The first-order chi connectivity index (χ1) is 53.8. The van der Waals surface area contributed by atoms with Gasteiger partial charge in [0.2, 0.25) is 31.9 Å². The molecule has 7 aliphatic heterocycles. The smallest absolute Gasteiger partial charge is 0.230 e. The number of aromatic amines is 5. The van der Waals surface area contributed by atoms with Crippen LogP contribution in [0.4, 0.5) is 22.7 Å². The highest BCUT2D eigenvalue weighted by molar-refractivity contribution is 7.88. The minimum Gasteiger partial charge on any atom is -0.385 e. The number of ether oxygens (including phenoxy) is 2. The molecule has 0 spiro atoms. The summed E-state index contributed by atoms with van der Waals surface area (Å²) >= 11 is 18.6. The molecule has 5 aromatic heterocycles. The maximum Gasteiger partial charge on any atom is 0.230 e. The Balaban J connectivity index is 0.000000116. The maximum absolute atomic E-state index is 12.3. The van der Waals surface area contributed by atoms with E-state index in [9.17, 15) is 31.5 Å². The van der Waals surface area contributed by atoms with Gasteiger partial charge >= 0.3 is 0 Å². The lowest BCUT2D eigenvalue weighted by Crippen LogP contribution is -2.53. The Labute approximate surface area is 667 Å². The molecule has 7 fully saturated rings. The van der Waals surface area contributed by atoms with Gasteiger partial charge in [-0.1, -0.05) is 65.1 Å². The number of carbonyl (C=O) groups excluding carboxylic acids is 2. The summed E-state index contributed by atoms with van der Waals surface area (Å²) in [7, 11) is -2.58. The summed E-state index contributed by atoms with van der Waals surface area (Å²) in [5, 5.41) is 54.3. The Kier molecular flexibility index (Phi) is 24.7. The van der Waals surface area contributed by atoms with Gasteiger partial charge in [0.05, 0.1) is 115 Å². The van der Waals surface area contributed by atoms with Gasteiger partial charge in [-0.25, -0.2) is 21.1 Å². The summed E-state index contributed by atoms with van der Waals surface area (Å²) in [5.41, 5.74) is 13.3. The number of aromatic nitrogens is 10. The second-order valence-electron chi connectivity index (χ2n) is 30.8. The number of hydrogen-bond donors (Lipinski definition) is 6. The number of piperazine rings is 1. The number of aryl methyl sites for hydroxylation is 1. The van der Waals surface area contributed by atoms with E-state index in [4.69, 9.17) is 44.3 Å². The standard InChI is InChI=1S/C18H18ClN3O.C17H24N4O3S.C16H18ClN3O2.C15H19ClN4O.C14H20N4O2S/c19-14-10-16-15(12-20-21-16)17(11-14)22-8-6-18(23,7-9-22)13-4-2-1-3-5-13;1-25(22,23)21-4-2-13(3-5-21)15-10-14(20-6-8-24-9-7-20)11-17-16(15)12-18-19-17;17-12-5-13(14-7-18-19-15(14)6-12)10-1-3-20(4-2-10)16(21)11-8-22-9-11;1-19(2)15(21)10-4-3-5-20(9-10)14-7-11(16)6-13-12(14)8-17-18-13;1-10-6-13-12(8-15-16-13)14(7-10)18-5-4-17(9-11(18)2)21(3,19)20/h1-5,10-12,23H,6-9H2,(H,20,21);10-13H,2-9H2,1H3,(H,18,19);5-7,10-11H,1-4,8-9H2,(H,18,19);6-8,10H,3-5,9H2,1-2H3,(H,17,18);6-8,11H,4-5,9H2,1-3H3,(H,15,16)/t;;;;11-/m....1/s1. The second kappa shape index (κ2) is 34.6. The number of aliphatic hydroxyl groups is 1. The molecule has 18 rings (SSSR count). The third-order valence-corrected chi connectivity index (χ3v) is 26.2. The molecule has 596 valence electrons. The summed E-state index contributed by atoms with van der Waals surface area (Å²) in [4.78, 5) is 37.3. The molecule has 11 aromatic rings. The topological polar surface area (TPSA) is 310 Å². The van der Waals surface area contributed by atoms with Crippen molar-refractivity contribution >= 4 is 144 Å². The van der Waals surface area contributed by atoms with Crippen molar-refractivity contribution in [2.75, 3.05) is 158 Å². The van der Waals surface area contributed by atoms with Crippen molar-refractivity contribution in [3.05, 3.63) is 159 Å². The lowest BCUT2D eigenvalue weighted by atomic mass is 9.84. The molecule has 112 heavy (non-hydrogen) atoms. The number of fused-ring (bicyclic) bond motifs is 5. The van der Waals surface area contributed by atoms with Crippen LogP contribution in [-0.4, -0.2) is 247 Å². The van der Waals surface area contributed by atoms with Crippen LogP contribution >= 0.6 is 34.8 Å². The average molecular weight is 1630 g/mol. The van der Waals surface area contributed by atoms with Gasteiger partial charge in [0.25, 0.3) is 0 Å². The largest absolute Gasteiger partial charge is 0.385 e. The van der Waals surface area contributed by atoms with E-state index in [1.807, 2.05) is 117 Å². The number of H-pyrrole nitrogens is 5. The van der Waals surface area contributed by atoms with Gasteiger partial charge in [-0.05, 0) is 160 Å². The number of carbonyl (C=O) groups is 2. The van der Waals surface area contributed by atoms with Crippen LogP contribution in [0, 0.1) is 18.8 Å². The van der Waals surface area contributed by atoms with Gasteiger partial charge in [-0.3, -0.25) is 35.1 Å². The van der Waals surface area contributed by atoms with Crippen molar-refractivity contribution in [2.24, 2.45) is 11.8 Å². The minimum atomic E-state index is -3.12. The fourth-order valence-electron chi connectivity index (χ4n) is 16.8. The lowest BCUT2D eigenvalue weighted by Gasteiger charge is -2.40. The fourth-order valence-corrected chi connectivity index (χ4v) is 19.2. The number of sulfonamides is 2. The number of benzene rings is 6. The lowest BCUT2D eigenvalue weighted by molar-refractivity contribution is -0.151. The predicted octanol–water partition coefficient (Wildman–Crippen LogP) is 11.7. The van der Waals surface area contributed by atoms with E-state index in [1.54, 1.807) is 13.5 Å². The molecule has 32 heteroatoms. The van der Waals surface area contributed by atoms with E-state index in [-0.39, 0.29) is 29.7 Å². The highest BCUT2D eigenvalue weighted by atomic mass is 35.5. The van der Waals surface area contributed by atoms with Crippen LogP contribution in [0.5, 0.6) is 0 Å². The van der Waals surface area contributed by atoms with Crippen molar-refractivity contribution in [1.29, 1.82) is 0 Å². The van der Waals surface area contributed by atoms with Gasteiger partial charge in [0.15, 0.2) is 0 Å². The zero-order chi connectivity index (χ0) is 78.6. The molecular formula is C80H99Cl3N18O9S2. The van der Waals surface area contributed by atoms with E-state index < -0.39 is 25.6 Å². The van der Waals surface area contributed by atoms with Crippen molar-refractivity contribution in [3.63, 3.8) is 0 Å². The highest BCUT2D eigenvalue weighted by Gasteiger charge is 2.37. The molecule has 2 amide bonds. The van der Waals surface area contributed by atoms with E-state index in [2.05, 4.69) is 109 Å². The molecule has 1 unspecified atom stereocenters. The molecule has 0 aliphatic carbocycles. The van der Waals surface area contributed by atoms with Crippen LogP contribution in [-0.2, 0) is 44.7 Å². The average Bonchev–Trinajstić information content (AvgIpc) is 1.63. The molecule has 0 bridgehead atoms. The van der Waals surface area contributed by atoms with Crippen LogP contribution < -0.4 is 19.6 Å². The Morgan fingerprint density at radius 2 is 1.02 bits per heavy atom. The van der Waals surface area contributed by atoms with E-state index in [0.29, 0.717) is 80.7 Å². The van der Waals surface area contributed by atoms with E-state index in [1.165, 1.54) is 34.9 Å². The highest BCUT2D eigenvalue weighted by Crippen LogP contribution is 2.42. The van der Waals surface area contributed by atoms with Gasteiger partial charge < -0.3 is 44.0 Å². The first-order valence-corrected chi connectivity index (χ1v) is 43.3. The monoisotopic (exact) mass is 1620 g/mol. The molecule has 27 nitrogen and oxygen atoms in total. The van der Waals surface area contributed by atoms with Crippen molar-refractivity contribution in [3.8, 4) is 0 Å². The molecule has 7 saturated heterocycles. The summed E-state index contributed by atoms with van der Waals surface area (Å²) in [5.74, 6) is 1.38. The fraction of sp³-hybridized carbons (Fsp3) is 0.463. The molecule has 6 aromatic carbocycles. The SMILES string of the molecule is CN(C)C(=O)C1CCCN(c2cc(Cl)cc3[nH]ncc23)C1.CS(=O)(=O)N1CCC(c2cc(N3CCOCC3)cc3[nH]ncc23)CC1.Cc1cc(N2CCN(S(C)(=O)=O)C[C@H]2C)c2cn[nH]c2c1.O=C(C1COC1)N1CCC(c2cc(Cl)cc3[nH]ncc23)CC1.OC1(c2ccccc2)CCN(c2cc(Cl)cc3[nH]ncc23)CC1. The molecule has 6 N–H and O–H groups in total. The predicted molar refractivity (Wildman–Crippen MR) is 443 cm³/mol. The Hall–Kier alpha value is -8.62. The number of likely N-dealkylation sites (tertiary alicyclic amines) is 1. The number of anilines is 4. The molecular weight excluding hydrogens is 1530 g/mol. The Morgan fingerprint density at radius 3 is 1.55 bits per heavy atom. The molecule has 0 radical (unpaired) electrons. The Morgan fingerprint density at radius 1 is 0.518 bits per heavy atom. The molecule has 0 saturated carbocycles. The minimum absolute atomic E-state index is 0.0506. The maximum atomic E-state index is 12.3. The number of nitrogens with one attached hydrogen (secondary N) is 5. The van der Waals surface area contributed by atoms with E-state index >= 15 is 0 Å². The van der Waals surface area contributed by atoms with Gasteiger partial charge in [0, 0.05) is 170 Å². The Bertz CT molecular complexity index is 5340. The second-order valence-corrected chi connectivity index (χ2v) is 36.0. The third kappa shape index (κ3) is 18.3. The van der Waals surface area contributed by atoms with Crippen LogP contribution in [0.3, 0.4) is 0 Å². The molecule has 12 heterocycles. The summed E-state index contributed by atoms with van der Waals surface area (Å²) in [6.07, 6.45) is 18.8. The van der Waals surface area contributed by atoms with Crippen molar-refractivity contribution in [2.45, 2.75) is 88.7 Å². The van der Waals surface area contributed by atoms with Gasteiger partial charge in [-0.15, -0.1) is 0 Å². The van der Waals surface area contributed by atoms with Crippen LogP contribution in [0.1, 0.15) is 92.4 Å². The van der Waals surface area contributed by atoms with Crippen LogP contribution in [0.2, 0.25) is 15.1 Å². The first kappa shape index (κ1) is 80.0. The number of rotatable bonds is 11. The van der Waals surface area contributed by atoms with E-state index in [0.717, 1.165) is 186 Å². The van der Waals surface area contributed by atoms with Crippen molar-refractivity contribution in [1.82, 2.24) is 69.4 Å².